The fourth-order valence-corrected chi connectivity index (χ4v) is 4.12. The second-order valence-electron chi connectivity index (χ2n) is 7.42. The lowest BCUT2D eigenvalue weighted by Gasteiger charge is -2.17. The number of fused-ring (bicyclic) bond motifs is 3. The molecule has 0 bridgehead atoms. The smallest absolute Gasteiger partial charge is 0.163 e. The number of nitrogen functional groups attached to an aromatic ring is 1. The topological polar surface area (TPSA) is 56.7 Å². The second-order valence-corrected chi connectivity index (χ2v) is 7.42. The fourth-order valence-electron chi connectivity index (χ4n) is 4.12. The molecule has 2 aromatic heterocycles. The molecule has 4 heteroatoms. The minimum absolute atomic E-state index is 0.220. The van der Waals surface area contributed by atoms with Crippen LogP contribution < -0.4 is 5.73 Å². The van der Waals surface area contributed by atoms with Crippen molar-refractivity contribution in [2.75, 3.05) is 5.73 Å². The Labute approximate surface area is 169 Å². The van der Waals surface area contributed by atoms with E-state index >= 15 is 0 Å². The summed E-state index contributed by atoms with van der Waals surface area (Å²) in [6, 6.07) is 29.1. The van der Waals surface area contributed by atoms with Gasteiger partial charge in [0.15, 0.2) is 5.82 Å². The van der Waals surface area contributed by atoms with E-state index in [1.807, 2.05) is 36.4 Å². The van der Waals surface area contributed by atoms with E-state index in [0.29, 0.717) is 11.6 Å². The standard InChI is InChI=1S/C25H22N4/c1-17(16-18-10-4-2-5-11-18)29-21-15-9-8-14-20(21)22-23(26)27-24(28-25(22)29)19-12-6-3-7-13-19/h2-15,17H,16H2,1H3,(H2,26,27,28)/t17-/m1/s1. The van der Waals surface area contributed by atoms with E-state index < -0.39 is 0 Å². The maximum atomic E-state index is 6.46. The number of anilines is 1. The molecule has 0 aliphatic rings. The van der Waals surface area contributed by atoms with E-state index in [4.69, 9.17) is 10.7 Å². The Hall–Kier alpha value is -3.66. The molecule has 0 amide bonds. The zero-order chi connectivity index (χ0) is 19.8. The normalized spacial score (nSPS) is 12.4. The fraction of sp³-hybridized carbons (Fsp3) is 0.120. The van der Waals surface area contributed by atoms with Crippen molar-refractivity contribution in [1.29, 1.82) is 0 Å². The monoisotopic (exact) mass is 378 g/mol. The summed E-state index contributed by atoms with van der Waals surface area (Å²) < 4.78 is 2.31. The first kappa shape index (κ1) is 17.4. The predicted octanol–water partition coefficient (Wildman–Crippen LogP) is 5.64. The van der Waals surface area contributed by atoms with Crippen LogP contribution in [-0.2, 0) is 6.42 Å². The molecule has 0 fully saturated rings. The number of nitrogens with two attached hydrogens (primary N) is 1. The average Bonchev–Trinajstić information content (AvgIpc) is 3.10. The van der Waals surface area contributed by atoms with Crippen molar-refractivity contribution < 1.29 is 0 Å². The van der Waals surface area contributed by atoms with Crippen molar-refractivity contribution >= 4 is 27.8 Å². The Bertz CT molecular complexity index is 1290. The molecule has 0 aliphatic heterocycles. The summed E-state index contributed by atoms with van der Waals surface area (Å²) in [5, 5.41) is 2.03. The molecule has 5 aromatic rings. The molecule has 142 valence electrons. The van der Waals surface area contributed by atoms with Crippen LogP contribution in [0.1, 0.15) is 18.5 Å². The molecule has 2 N–H and O–H groups in total. The summed E-state index contributed by atoms with van der Waals surface area (Å²) in [5.74, 6) is 1.18. The van der Waals surface area contributed by atoms with Crippen LogP contribution >= 0.6 is 0 Å². The summed E-state index contributed by atoms with van der Waals surface area (Å²) in [6.45, 7) is 2.24. The van der Waals surface area contributed by atoms with Gasteiger partial charge in [0, 0.05) is 17.0 Å². The number of hydrogen-bond donors (Lipinski definition) is 1. The van der Waals surface area contributed by atoms with E-state index in [1.54, 1.807) is 0 Å². The van der Waals surface area contributed by atoms with Crippen molar-refractivity contribution in [3.8, 4) is 11.4 Å². The molecule has 0 saturated heterocycles. The minimum Gasteiger partial charge on any atom is -0.383 e. The van der Waals surface area contributed by atoms with Gasteiger partial charge in [0.25, 0.3) is 0 Å². The zero-order valence-corrected chi connectivity index (χ0v) is 16.3. The Morgan fingerprint density at radius 2 is 1.48 bits per heavy atom. The summed E-state index contributed by atoms with van der Waals surface area (Å²) in [7, 11) is 0. The summed E-state index contributed by atoms with van der Waals surface area (Å²) >= 11 is 0. The number of rotatable bonds is 4. The van der Waals surface area contributed by atoms with Crippen molar-refractivity contribution in [3.05, 3.63) is 90.5 Å². The maximum Gasteiger partial charge on any atom is 0.163 e. The molecule has 4 nitrogen and oxygen atoms in total. The molecule has 0 unspecified atom stereocenters. The molecule has 1 atom stereocenters. The highest BCUT2D eigenvalue weighted by atomic mass is 15.1. The summed E-state index contributed by atoms with van der Waals surface area (Å²) in [6.07, 6.45) is 0.916. The van der Waals surface area contributed by atoms with Gasteiger partial charge < -0.3 is 10.3 Å². The molecule has 5 rings (SSSR count). The minimum atomic E-state index is 0.220. The number of nitrogens with zero attached hydrogens (tertiary/aromatic N) is 3. The highest BCUT2D eigenvalue weighted by molar-refractivity contribution is 6.11. The van der Waals surface area contributed by atoms with Crippen LogP contribution in [0.3, 0.4) is 0 Å². The van der Waals surface area contributed by atoms with Gasteiger partial charge in [-0.2, -0.15) is 0 Å². The van der Waals surface area contributed by atoms with Crippen molar-refractivity contribution in [3.63, 3.8) is 0 Å². The second kappa shape index (κ2) is 7.06. The molecule has 0 saturated carbocycles. The maximum absolute atomic E-state index is 6.46. The summed E-state index contributed by atoms with van der Waals surface area (Å²) in [4.78, 5) is 9.61. The molecule has 0 aliphatic carbocycles. The zero-order valence-electron chi connectivity index (χ0n) is 16.3. The number of hydrogen-bond acceptors (Lipinski definition) is 3. The first-order valence-corrected chi connectivity index (χ1v) is 9.88. The lowest BCUT2D eigenvalue weighted by Crippen LogP contribution is -2.09. The molecular weight excluding hydrogens is 356 g/mol. The number of para-hydroxylation sites is 1. The van der Waals surface area contributed by atoms with E-state index in [2.05, 4.69) is 65.0 Å². The third-order valence-corrected chi connectivity index (χ3v) is 5.43. The predicted molar refractivity (Wildman–Crippen MR) is 120 cm³/mol. The van der Waals surface area contributed by atoms with Crippen molar-refractivity contribution in [1.82, 2.24) is 14.5 Å². The van der Waals surface area contributed by atoms with E-state index in [1.165, 1.54) is 5.56 Å². The van der Waals surface area contributed by atoms with Crippen molar-refractivity contribution in [2.24, 2.45) is 0 Å². The van der Waals surface area contributed by atoms with Gasteiger partial charge in [-0.25, -0.2) is 9.97 Å². The summed E-state index contributed by atoms with van der Waals surface area (Å²) in [5.41, 5.74) is 10.8. The largest absolute Gasteiger partial charge is 0.383 e. The quantitative estimate of drug-likeness (QED) is 0.440. The first-order chi connectivity index (χ1) is 14.2. The van der Waals surface area contributed by atoms with Crippen LogP contribution in [-0.4, -0.2) is 14.5 Å². The third-order valence-electron chi connectivity index (χ3n) is 5.43. The molecule has 3 aromatic carbocycles. The first-order valence-electron chi connectivity index (χ1n) is 9.88. The van der Waals surface area contributed by atoms with Crippen molar-refractivity contribution in [2.45, 2.75) is 19.4 Å². The van der Waals surface area contributed by atoms with Gasteiger partial charge in [-0.3, -0.25) is 0 Å². The van der Waals surface area contributed by atoms with Crippen LogP contribution in [0, 0.1) is 0 Å². The van der Waals surface area contributed by atoms with Gasteiger partial charge in [-0.05, 0) is 25.0 Å². The molecule has 2 heterocycles. The SMILES string of the molecule is C[C@H](Cc1ccccc1)n1c2ccccc2c2c(N)nc(-c3ccccc3)nc21. The van der Waals surface area contributed by atoms with Gasteiger partial charge >= 0.3 is 0 Å². The highest BCUT2D eigenvalue weighted by Crippen LogP contribution is 2.35. The lowest BCUT2D eigenvalue weighted by molar-refractivity contribution is 0.575. The van der Waals surface area contributed by atoms with Gasteiger partial charge in [0.1, 0.15) is 11.5 Å². The van der Waals surface area contributed by atoms with E-state index in [-0.39, 0.29) is 6.04 Å². The highest BCUT2D eigenvalue weighted by Gasteiger charge is 2.20. The molecule has 0 radical (unpaired) electrons. The Kier molecular flexibility index (Phi) is 4.24. The van der Waals surface area contributed by atoms with Crippen LogP contribution in [0.25, 0.3) is 33.3 Å². The van der Waals surface area contributed by atoms with E-state index in [0.717, 1.165) is 33.9 Å². The Balaban J connectivity index is 1.75. The van der Waals surface area contributed by atoms with E-state index in [9.17, 15) is 0 Å². The average molecular weight is 378 g/mol. The molecule has 0 spiro atoms. The third kappa shape index (κ3) is 3.03. The van der Waals surface area contributed by atoms with Crippen LogP contribution in [0.15, 0.2) is 84.9 Å². The van der Waals surface area contributed by atoms with Crippen LogP contribution in [0.5, 0.6) is 0 Å². The number of benzene rings is 3. The van der Waals surface area contributed by atoms with Gasteiger partial charge in [-0.1, -0.05) is 78.9 Å². The lowest BCUT2D eigenvalue weighted by atomic mass is 10.1. The van der Waals surface area contributed by atoms with Crippen LogP contribution in [0.4, 0.5) is 5.82 Å². The Morgan fingerprint density at radius 1 is 0.828 bits per heavy atom. The van der Waals surface area contributed by atoms with Gasteiger partial charge in [0.05, 0.1) is 10.9 Å². The molecule has 29 heavy (non-hydrogen) atoms. The number of aromatic nitrogens is 3. The molecular formula is C25H22N4. The van der Waals surface area contributed by atoms with Gasteiger partial charge in [0.2, 0.25) is 0 Å². The van der Waals surface area contributed by atoms with Gasteiger partial charge in [-0.15, -0.1) is 0 Å². The van der Waals surface area contributed by atoms with Crippen LogP contribution in [0.2, 0.25) is 0 Å². The Morgan fingerprint density at radius 3 is 2.24 bits per heavy atom.